The van der Waals surface area contributed by atoms with E-state index in [1.807, 2.05) is 31.2 Å². The lowest BCUT2D eigenvalue weighted by Gasteiger charge is -2.12. The summed E-state index contributed by atoms with van der Waals surface area (Å²) in [4.78, 5) is 4.20. The summed E-state index contributed by atoms with van der Waals surface area (Å²) in [6, 6.07) is 12.0. The van der Waals surface area contributed by atoms with E-state index in [0.717, 1.165) is 11.2 Å². The number of hydrogen-bond donors (Lipinski definition) is 1. The van der Waals surface area contributed by atoms with Crippen molar-refractivity contribution in [1.82, 2.24) is 9.55 Å². The Morgan fingerprint density at radius 1 is 1.25 bits per heavy atom. The molecule has 0 saturated carbocycles. The van der Waals surface area contributed by atoms with Gasteiger partial charge in [-0.05, 0) is 31.2 Å². The number of hydrogen-bond acceptors (Lipinski definition) is 3. The zero-order valence-electron chi connectivity index (χ0n) is 11.0. The second-order valence-electron chi connectivity index (χ2n) is 4.34. The predicted octanol–water partition coefficient (Wildman–Crippen LogP) is 3.15. The number of rotatable bonds is 3. The lowest BCUT2D eigenvalue weighted by Crippen LogP contribution is -2.04. The van der Waals surface area contributed by atoms with Gasteiger partial charge in [0.25, 0.3) is 0 Å². The Bertz CT molecular complexity index is 767. The summed E-state index contributed by atoms with van der Waals surface area (Å²) < 4.78 is 20.6. The third-order valence-corrected chi connectivity index (χ3v) is 3.05. The maximum atomic E-state index is 13.3. The Morgan fingerprint density at radius 2 is 2.05 bits per heavy atom. The molecule has 1 aromatic heterocycles. The fourth-order valence-corrected chi connectivity index (χ4v) is 2.24. The van der Waals surface area contributed by atoms with Crippen molar-refractivity contribution in [2.24, 2.45) is 0 Å². The van der Waals surface area contributed by atoms with Crippen LogP contribution in [0.25, 0.3) is 16.7 Å². The number of nitrogen functional groups attached to an aromatic ring is 1. The average molecular weight is 271 g/mol. The average Bonchev–Trinajstić information content (AvgIpc) is 2.75. The number of benzene rings is 2. The van der Waals surface area contributed by atoms with E-state index in [1.165, 1.54) is 12.1 Å². The molecule has 0 spiro atoms. The Balaban J connectivity index is 2.27. The van der Waals surface area contributed by atoms with Gasteiger partial charge in [0, 0.05) is 6.07 Å². The number of imidazole rings is 1. The van der Waals surface area contributed by atoms with Crippen LogP contribution < -0.4 is 10.5 Å². The van der Waals surface area contributed by atoms with E-state index in [1.54, 1.807) is 10.6 Å². The molecule has 0 saturated heterocycles. The van der Waals surface area contributed by atoms with Crippen LogP contribution in [0, 0.1) is 5.82 Å². The molecule has 3 rings (SSSR count). The highest BCUT2D eigenvalue weighted by molar-refractivity contribution is 5.81. The highest BCUT2D eigenvalue weighted by Gasteiger charge is 2.14. The molecule has 0 fully saturated rings. The van der Waals surface area contributed by atoms with Crippen LogP contribution in [0.15, 0.2) is 42.5 Å². The molecule has 4 nitrogen and oxygen atoms in total. The zero-order valence-corrected chi connectivity index (χ0v) is 11.0. The zero-order chi connectivity index (χ0) is 14.1. The van der Waals surface area contributed by atoms with Gasteiger partial charge in [0.05, 0.1) is 23.3 Å². The molecule has 2 N–H and O–H groups in total. The van der Waals surface area contributed by atoms with Crippen molar-refractivity contribution >= 4 is 17.0 Å². The van der Waals surface area contributed by atoms with Gasteiger partial charge in [-0.25, -0.2) is 9.37 Å². The molecule has 2 aromatic carbocycles. The summed E-state index contributed by atoms with van der Waals surface area (Å²) in [5.41, 5.74) is 8.04. The summed E-state index contributed by atoms with van der Waals surface area (Å²) in [5, 5.41) is 0. The molecule has 0 bridgehead atoms. The Hall–Kier alpha value is -2.56. The summed E-state index contributed by atoms with van der Waals surface area (Å²) >= 11 is 0. The van der Waals surface area contributed by atoms with Gasteiger partial charge in [-0.3, -0.25) is 4.57 Å². The number of fused-ring (bicyclic) bond motifs is 1. The number of nitrogens with two attached hydrogens (primary N) is 1. The Kier molecular flexibility index (Phi) is 3.02. The highest BCUT2D eigenvalue weighted by atomic mass is 19.1. The number of para-hydroxylation sites is 2. The predicted molar refractivity (Wildman–Crippen MR) is 76.6 cm³/mol. The van der Waals surface area contributed by atoms with E-state index in [0.29, 0.717) is 23.8 Å². The van der Waals surface area contributed by atoms with Gasteiger partial charge >= 0.3 is 0 Å². The molecular weight excluding hydrogens is 257 g/mol. The minimum atomic E-state index is -0.333. The van der Waals surface area contributed by atoms with Gasteiger partial charge in [-0.15, -0.1) is 0 Å². The standard InChI is InChI=1S/C15H14FN3O/c1-2-20-14-6-4-3-5-13(14)19-12-8-7-10(16)9-11(12)18-15(19)17/h3-9H,2H2,1H3,(H2,17,18). The van der Waals surface area contributed by atoms with E-state index in [2.05, 4.69) is 4.98 Å². The fourth-order valence-electron chi connectivity index (χ4n) is 2.24. The highest BCUT2D eigenvalue weighted by Crippen LogP contribution is 2.29. The second-order valence-corrected chi connectivity index (χ2v) is 4.34. The van der Waals surface area contributed by atoms with Crippen molar-refractivity contribution in [2.75, 3.05) is 12.3 Å². The van der Waals surface area contributed by atoms with Crippen LogP contribution in [0.4, 0.5) is 10.3 Å². The number of aromatic nitrogens is 2. The molecule has 0 radical (unpaired) electrons. The third kappa shape index (κ3) is 1.97. The first kappa shape index (κ1) is 12.5. The first-order chi connectivity index (χ1) is 9.70. The lowest BCUT2D eigenvalue weighted by molar-refractivity contribution is 0.339. The maximum Gasteiger partial charge on any atom is 0.206 e. The number of anilines is 1. The minimum Gasteiger partial charge on any atom is -0.492 e. The molecule has 0 atom stereocenters. The van der Waals surface area contributed by atoms with E-state index < -0.39 is 0 Å². The number of ether oxygens (including phenoxy) is 1. The van der Waals surface area contributed by atoms with Crippen molar-refractivity contribution in [3.63, 3.8) is 0 Å². The van der Waals surface area contributed by atoms with Gasteiger partial charge in [-0.2, -0.15) is 0 Å². The monoisotopic (exact) mass is 271 g/mol. The molecule has 0 aliphatic carbocycles. The second kappa shape index (κ2) is 4.85. The molecule has 0 amide bonds. The van der Waals surface area contributed by atoms with Crippen LogP contribution in [0.3, 0.4) is 0 Å². The first-order valence-electron chi connectivity index (χ1n) is 6.36. The lowest BCUT2D eigenvalue weighted by atomic mass is 10.2. The molecule has 3 aromatic rings. The van der Waals surface area contributed by atoms with Crippen molar-refractivity contribution in [3.05, 3.63) is 48.3 Å². The fraction of sp³-hybridized carbons (Fsp3) is 0.133. The van der Waals surface area contributed by atoms with Crippen LogP contribution in [0.1, 0.15) is 6.92 Å². The van der Waals surface area contributed by atoms with E-state index in [4.69, 9.17) is 10.5 Å². The van der Waals surface area contributed by atoms with Crippen LogP contribution in [-0.2, 0) is 0 Å². The van der Waals surface area contributed by atoms with E-state index in [9.17, 15) is 4.39 Å². The van der Waals surface area contributed by atoms with Gasteiger partial charge in [-0.1, -0.05) is 12.1 Å². The Labute approximate surface area is 115 Å². The molecule has 102 valence electrons. The van der Waals surface area contributed by atoms with Crippen molar-refractivity contribution in [3.8, 4) is 11.4 Å². The smallest absolute Gasteiger partial charge is 0.206 e. The van der Waals surface area contributed by atoms with Crippen molar-refractivity contribution in [1.29, 1.82) is 0 Å². The van der Waals surface area contributed by atoms with Crippen molar-refractivity contribution < 1.29 is 9.13 Å². The van der Waals surface area contributed by atoms with Gasteiger partial charge < -0.3 is 10.5 Å². The van der Waals surface area contributed by atoms with Crippen LogP contribution in [0.5, 0.6) is 5.75 Å². The normalized spacial score (nSPS) is 10.9. The summed E-state index contributed by atoms with van der Waals surface area (Å²) in [6.45, 7) is 2.47. The topological polar surface area (TPSA) is 53.1 Å². The van der Waals surface area contributed by atoms with E-state index in [-0.39, 0.29) is 5.82 Å². The number of nitrogens with zero attached hydrogens (tertiary/aromatic N) is 2. The third-order valence-electron chi connectivity index (χ3n) is 3.05. The number of halogens is 1. The quantitative estimate of drug-likeness (QED) is 0.796. The molecule has 20 heavy (non-hydrogen) atoms. The van der Waals surface area contributed by atoms with Crippen molar-refractivity contribution in [2.45, 2.75) is 6.92 Å². The minimum absolute atomic E-state index is 0.303. The van der Waals surface area contributed by atoms with E-state index >= 15 is 0 Å². The molecule has 0 unspecified atom stereocenters. The molecular formula is C15H14FN3O. The molecule has 5 heteroatoms. The first-order valence-corrected chi connectivity index (χ1v) is 6.36. The summed E-state index contributed by atoms with van der Waals surface area (Å²) in [6.07, 6.45) is 0. The molecule has 0 aliphatic rings. The van der Waals surface area contributed by atoms with Gasteiger partial charge in [0.15, 0.2) is 0 Å². The summed E-state index contributed by atoms with van der Waals surface area (Å²) in [5.74, 6) is 0.684. The molecule has 0 aliphatic heterocycles. The van der Waals surface area contributed by atoms with Crippen LogP contribution in [0.2, 0.25) is 0 Å². The van der Waals surface area contributed by atoms with Gasteiger partial charge in [0.1, 0.15) is 11.6 Å². The summed E-state index contributed by atoms with van der Waals surface area (Å²) in [7, 11) is 0. The molecule has 1 heterocycles. The van der Waals surface area contributed by atoms with Crippen LogP contribution in [-0.4, -0.2) is 16.2 Å². The SMILES string of the molecule is CCOc1ccccc1-n1c(N)nc2cc(F)ccc21. The Morgan fingerprint density at radius 3 is 2.85 bits per heavy atom. The van der Waals surface area contributed by atoms with Crippen LogP contribution >= 0.6 is 0 Å². The van der Waals surface area contributed by atoms with Gasteiger partial charge in [0.2, 0.25) is 5.95 Å². The largest absolute Gasteiger partial charge is 0.492 e. The maximum absolute atomic E-state index is 13.3.